The van der Waals surface area contributed by atoms with E-state index in [2.05, 4.69) is 25.8 Å². The number of carbonyl (C=O) groups is 1. The van der Waals surface area contributed by atoms with Crippen molar-refractivity contribution in [3.8, 4) is 0 Å². The number of aliphatic carboxylic acids is 1. The third-order valence-electron chi connectivity index (χ3n) is 4.25. The van der Waals surface area contributed by atoms with E-state index < -0.39 is 11.4 Å². The normalized spacial score (nSPS) is 20.9. The molecular weight excluding hydrogens is 320 g/mol. The molecule has 1 aliphatic rings. The molecule has 1 aliphatic heterocycles. The van der Waals surface area contributed by atoms with E-state index in [0.717, 1.165) is 42.6 Å². The maximum atomic E-state index is 11.4. The Labute approximate surface area is 128 Å². The van der Waals surface area contributed by atoms with Crippen LogP contribution in [0.1, 0.15) is 32.4 Å². The van der Waals surface area contributed by atoms with Crippen molar-refractivity contribution >= 4 is 21.9 Å². The van der Waals surface area contributed by atoms with Crippen molar-refractivity contribution in [2.24, 2.45) is 11.3 Å². The van der Waals surface area contributed by atoms with E-state index in [0.29, 0.717) is 0 Å². The fraction of sp³-hybridized carbons (Fsp3) is 0.600. The standard InChI is InChI=1S/C15H21BrN2O2/c1-15(2,14(19)20)11-4-3-7-18(9-11)10-13-6-5-12(16)8-17-13/h5-6,8,11H,3-4,7,9-10H2,1-2H3,(H,19,20). The summed E-state index contributed by atoms with van der Waals surface area (Å²) in [6.07, 6.45) is 3.85. The van der Waals surface area contributed by atoms with Gasteiger partial charge in [-0.05, 0) is 67.2 Å². The van der Waals surface area contributed by atoms with Crippen LogP contribution >= 0.6 is 15.9 Å². The highest BCUT2D eigenvalue weighted by Crippen LogP contribution is 2.34. The van der Waals surface area contributed by atoms with Crippen LogP contribution in [0.5, 0.6) is 0 Å². The van der Waals surface area contributed by atoms with Crippen LogP contribution in [0, 0.1) is 11.3 Å². The molecule has 1 saturated heterocycles. The zero-order valence-electron chi connectivity index (χ0n) is 12.0. The van der Waals surface area contributed by atoms with Crippen molar-refractivity contribution in [3.05, 3.63) is 28.5 Å². The Hall–Kier alpha value is -0.940. The molecule has 1 aromatic rings. The quantitative estimate of drug-likeness (QED) is 0.914. The van der Waals surface area contributed by atoms with E-state index in [-0.39, 0.29) is 5.92 Å². The first kappa shape index (κ1) is 15.4. The molecule has 5 heteroatoms. The van der Waals surface area contributed by atoms with Gasteiger partial charge in [-0.25, -0.2) is 0 Å². The lowest BCUT2D eigenvalue weighted by molar-refractivity contribution is -0.151. The van der Waals surface area contributed by atoms with Gasteiger partial charge in [-0.3, -0.25) is 14.7 Å². The van der Waals surface area contributed by atoms with Crippen LogP contribution in [0.4, 0.5) is 0 Å². The number of likely N-dealkylation sites (tertiary alicyclic amines) is 1. The van der Waals surface area contributed by atoms with E-state index in [9.17, 15) is 9.90 Å². The average Bonchev–Trinajstić information content (AvgIpc) is 2.41. The lowest BCUT2D eigenvalue weighted by Crippen LogP contribution is -2.44. The van der Waals surface area contributed by atoms with E-state index in [1.165, 1.54) is 0 Å². The molecule has 0 aromatic carbocycles. The third-order valence-corrected chi connectivity index (χ3v) is 4.72. The second-order valence-electron chi connectivity index (χ2n) is 6.07. The SMILES string of the molecule is CC(C)(C(=O)O)C1CCCN(Cc2ccc(Br)cn2)C1. The Balaban J connectivity index is 2.00. The molecule has 0 radical (unpaired) electrons. The molecule has 1 atom stereocenters. The third kappa shape index (κ3) is 3.58. The summed E-state index contributed by atoms with van der Waals surface area (Å²) >= 11 is 3.38. The summed E-state index contributed by atoms with van der Waals surface area (Å²) in [5, 5.41) is 9.36. The predicted molar refractivity (Wildman–Crippen MR) is 81.4 cm³/mol. The molecular formula is C15H21BrN2O2. The van der Waals surface area contributed by atoms with Gasteiger partial charge in [0.25, 0.3) is 0 Å². The number of carboxylic acid groups (broad SMARTS) is 1. The Kier molecular flexibility index (Phi) is 4.81. The van der Waals surface area contributed by atoms with Crippen molar-refractivity contribution in [3.63, 3.8) is 0 Å². The highest BCUT2D eigenvalue weighted by atomic mass is 79.9. The van der Waals surface area contributed by atoms with Gasteiger partial charge in [0, 0.05) is 23.8 Å². The smallest absolute Gasteiger partial charge is 0.309 e. The van der Waals surface area contributed by atoms with Crippen LogP contribution in [-0.2, 0) is 11.3 Å². The number of carboxylic acids is 1. The molecule has 1 N–H and O–H groups in total. The zero-order valence-corrected chi connectivity index (χ0v) is 13.6. The Morgan fingerprint density at radius 1 is 1.55 bits per heavy atom. The summed E-state index contributed by atoms with van der Waals surface area (Å²) in [4.78, 5) is 18.1. The first-order chi connectivity index (χ1) is 9.39. The van der Waals surface area contributed by atoms with E-state index in [1.807, 2.05) is 26.0 Å². The molecule has 0 amide bonds. The van der Waals surface area contributed by atoms with Gasteiger partial charge < -0.3 is 5.11 Å². The topological polar surface area (TPSA) is 53.4 Å². The van der Waals surface area contributed by atoms with Gasteiger partial charge in [0.1, 0.15) is 0 Å². The number of piperidine rings is 1. The van der Waals surface area contributed by atoms with Crippen LogP contribution in [0.3, 0.4) is 0 Å². The molecule has 4 nitrogen and oxygen atoms in total. The Bertz CT molecular complexity index is 473. The summed E-state index contributed by atoms with van der Waals surface area (Å²) in [6, 6.07) is 4.00. The molecule has 1 unspecified atom stereocenters. The van der Waals surface area contributed by atoms with Gasteiger partial charge >= 0.3 is 5.97 Å². The number of pyridine rings is 1. The van der Waals surface area contributed by atoms with Crippen LogP contribution < -0.4 is 0 Å². The largest absolute Gasteiger partial charge is 0.481 e. The van der Waals surface area contributed by atoms with E-state index in [1.54, 1.807) is 6.20 Å². The molecule has 0 bridgehead atoms. The fourth-order valence-electron chi connectivity index (χ4n) is 2.69. The number of rotatable bonds is 4. The number of hydrogen-bond donors (Lipinski definition) is 1. The fourth-order valence-corrected chi connectivity index (χ4v) is 2.93. The van der Waals surface area contributed by atoms with Crippen molar-refractivity contribution in [1.29, 1.82) is 0 Å². The summed E-state index contributed by atoms with van der Waals surface area (Å²) in [5.74, 6) is -0.504. The van der Waals surface area contributed by atoms with Crippen molar-refractivity contribution < 1.29 is 9.90 Å². The van der Waals surface area contributed by atoms with Crippen LogP contribution in [0.15, 0.2) is 22.8 Å². The summed E-state index contributed by atoms with van der Waals surface area (Å²) < 4.78 is 0.977. The molecule has 20 heavy (non-hydrogen) atoms. The molecule has 1 aromatic heterocycles. The van der Waals surface area contributed by atoms with Crippen LogP contribution in [0.2, 0.25) is 0 Å². The van der Waals surface area contributed by atoms with Gasteiger partial charge in [0.05, 0.1) is 11.1 Å². The maximum Gasteiger partial charge on any atom is 0.309 e. The van der Waals surface area contributed by atoms with E-state index >= 15 is 0 Å². The zero-order chi connectivity index (χ0) is 14.8. The van der Waals surface area contributed by atoms with Gasteiger partial charge in [-0.1, -0.05) is 0 Å². The predicted octanol–water partition coefficient (Wildman–Crippen LogP) is 3.17. The van der Waals surface area contributed by atoms with Crippen molar-refractivity contribution in [1.82, 2.24) is 9.88 Å². The molecule has 0 saturated carbocycles. The first-order valence-corrected chi connectivity index (χ1v) is 7.75. The summed E-state index contributed by atoms with van der Waals surface area (Å²) in [5.41, 5.74) is 0.369. The molecule has 0 spiro atoms. The second kappa shape index (κ2) is 6.22. The first-order valence-electron chi connectivity index (χ1n) is 6.96. The summed E-state index contributed by atoms with van der Waals surface area (Å²) in [7, 11) is 0. The lowest BCUT2D eigenvalue weighted by Gasteiger charge is -2.39. The Morgan fingerprint density at radius 2 is 2.30 bits per heavy atom. The molecule has 110 valence electrons. The lowest BCUT2D eigenvalue weighted by atomic mass is 9.74. The van der Waals surface area contributed by atoms with Gasteiger partial charge in [-0.15, -0.1) is 0 Å². The highest BCUT2D eigenvalue weighted by Gasteiger charge is 2.38. The Morgan fingerprint density at radius 3 is 2.90 bits per heavy atom. The van der Waals surface area contributed by atoms with Gasteiger partial charge in [-0.2, -0.15) is 0 Å². The molecule has 2 heterocycles. The molecule has 0 aliphatic carbocycles. The second-order valence-corrected chi connectivity index (χ2v) is 6.98. The number of nitrogens with zero attached hydrogens (tertiary/aromatic N) is 2. The van der Waals surface area contributed by atoms with Crippen molar-refractivity contribution in [2.45, 2.75) is 33.2 Å². The van der Waals surface area contributed by atoms with E-state index in [4.69, 9.17) is 0 Å². The number of hydrogen-bond acceptors (Lipinski definition) is 3. The summed E-state index contributed by atoms with van der Waals surface area (Å²) in [6.45, 7) is 6.31. The number of aromatic nitrogens is 1. The van der Waals surface area contributed by atoms with Crippen molar-refractivity contribution in [2.75, 3.05) is 13.1 Å². The minimum absolute atomic E-state index is 0.198. The molecule has 2 rings (SSSR count). The number of halogens is 1. The molecule has 1 fully saturated rings. The van der Waals surface area contributed by atoms with Gasteiger partial charge in [0.2, 0.25) is 0 Å². The van der Waals surface area contributed by atoms with Crippen LogP contribution in [-0.4, -0.2) is 34.0 Å². The maximum absolute atomic E-state index is 11.4. The average molecular weight is 341 g/mol. The minimum atomic E-state index is -0.703. The monoisotopic (exact) mass is 340 g/mol. The highest BCUT2D eigenvalue weighted by molar-refractivity contribution is 9.10. The van der Waals surface area contributed by atoms with Crippen LogP contribution in [0.25, 0.3) is 0 Å². The minimum Gasteiger partial charge on any atom is -0.481 e. The van der Waals surface area contributed by atoms with Gasteiger partial charge in [0.15, 0.2) is 0 Å².